The number of ether oxygens (including phenoxy) is 3. The lowest BCUT2D eigenvalue weighted by atomic mass is 10.1. The van der Waals surface area contributed by atoms with Crippen LogP contribution in [0.25, 0.3) is 0 Å². The second kappa shape index (κ2) is 6.62. The fraction of sp³-hybridized carbons (Fsp3) is 0.222. The molecule has 0 saturated carbocycles. The number of nitrogens with two attached hydrogens (primary N) is 1. The fourth-order valence-electron chi connectivity index (χ4n) is 2.48. The monoisotopic (exact) mass is 327 g/mol. The molecule has 0 saturated heterocycles. The van der Waals surface area contributed by atoms with Crippen LogP contribution >= 0.6 is 0 Å². The van der Waals surface area contributed by atoms with Gasteiger partial charge in [0.15, 0.2) is 11.5 Å². The van der Waals surface area contributed by atoms with Crippen molar-refractivity contribution in [3.05, 3.63) is 60.2 Å². The lowest BCUT2D eigenvalue weighted by Gasteiger charge is -2.31. The van der Waals surface area contributed by atoms with Gasteiger partial charge in [-0.15, -0.1) is 0 Å². The number of carbonyl (C=O) groups excluding carboxylic acids is 2. The zero-order valence-electron chi connectivity index (χ0n) is 13.0. The molecule has 1 heterocycles. The van der Waals surface area contributed by atoms with E-state index >= 15 is 0 Å². The third kappa shape index (κ3) is 3.17. The van der Waals surface area contributed by atoms with Crippen molar-refractivity contribution in [3.8, 4) is 11.5 Å². The number of para-hydroxylation sites is 2. The molecule has 2 aromatic rings. The highest BCUT2D eigenvalue weighted by Crippen LogP contribution is 2.34. The Kier molecular flexibility index (Phi) is 4.37. The summed E-state index contributed by atoms with van der Waals surface area (Å²) in [5.74, 6) is -0.444. The van der Waals surface area contributed by atoms with Gasteiger partial charge in [-0.25, -0.2) is 4.79 Å². The number of esters is 1. The van der Waals surface area contributed by atoms with Crippen LogP contribution in [0.5, 0.6) is 11.5 Å². The van der Waals surface area contributed by atoms with Crippen molar-refractivity contribution in [1.29, 1.82) is 0 Å². The molecular weight excluding hydrogens is 310 g/mol. The van der Waals surface area contributed by atoms with Crippen LogP contribution in [0, 0.1) is 0 Å². The van der Waals surface area contributed by atoms with Crippen molar-refractivity contribution in [2.45, 2.75) is 25.2 Å². The molecule has 0 aromatic heterocycles. The van der Waals surface area contributed by atoms with Gasteiger partial charge < -0.3 is 19.9 Å². The van der Waals surface area contributed by atoms with E-state index in [1.54, 1.807) is 55.5 Å². The molecule has 1 amide bonds. The second-order valence-electron chi connectivity index (χ2n) is 5.44. The average molecular weight is 327 g/mol. The highest BCUT2D eigenvalue weighted by molar-refractivity contribution is 5.85. The van der Waals surface area contributed by atoms with Gasteiger partial charge >= 0.3 is 5.97 Å². The molecule has 24 heavy (non-hydrogen) atoms. The van der Waals surface area contributed by atoms with Gasteiger partial charge in [-0.1, -0.05) is 42.5 Å². The third-order valence-electron chi connectivity index (χ3n) is 3.67. The molecule has 3 unspecified atom stereocenters. The number of amides is 1. The third-order valence-corrected chi connectivity index (χ3v) is 3.67. The average Bonchev–Trinajstić information content (AvgIpc) is 2.59. The van der Waals surface area contributed by atoms with Crippen LogP contribution in [0.1, 0.15) is 18.6 Å². The summed E-state index contributed by atoms with van der Waals surface area (Å²) >= 11 is 0. The van der Waals surface area contributed by atoms with E-state index in [2.05, 4.69) is 0 Å². The first-order valence-electron chi connectivity index (χ1n) is 7.53. The molecule has 124 valence electrons. The van der Waals surface area contributed by atoms with E-state index in [1.165, 1.54) is 0 Å². The number of hydrogen-bond donors (Lipinski definition) is 1. The lowest BCUT2D eigenvalue weighted by molar-refractivity contribution is -0.167. The second-order valence-corrected chi connectivity index (χ2v) is 5.44. The smallest absolute Gasteiger partial charge is 0.352 e. The van der Waals surface area contributed by atoms with Crippen LogP contribution in [-0.2, 0) is 14.3 Å². The molecular formula is C18H17NO5. The van der Waals surface area contributed by atoms with E-state index in [0.29, 0.717) is 17.1 Å². The van der Waals surface area contributed by atoms with Crippen molar-refractivity contribution in [2.75, 3.05) is 0 Å². The van der Waals surface area contributed by atoms with Gasteiger partial charge in [0.1, 0.15) is 6.10 Å². The molecule has 0 bridgehead atoms. The van der Waals surface area contributed by atoms with Gasteiger partial charge in [-0.3, -0.25) is 4.79 Å². The SMILES string of the molecule is CC1Oc2ccccc2OC1C(=O)OC(C(N)=O)c1ccccc1. The first-order valence-corrected chi connectivity index (χ1v) is 7.53. The minimum absolute atomic E-state index is 0.452. The fourth-order valence-corrected chi connectivity index (χ4v) is 2.48. The molecule has 3 rings (SSSR count). The summed E-state index contributed by atoms with van der Waals surface area (Å²) in [4.78, 5) is 24.1. The Morgan fingerprint density at radius 1 is 1.00 bits per heavy atom. The van der Waals surface area contributed by atoms with Gasteiger partial charge in [0, 0.05) is 5.56 Å². The minimum Gasteiger partial charge on any atom is -0.482 e. The van der Waals surface area contributed by atoms with Crippen LogP contribution in [0.2, 0.25) is 0 Å². The molecule has 2 N–H and O–H groups in total. The number of primary amides is 1. The number of fused-ring (bicyclic) bond motifs is 1. The highest BCUT2D eigenvalue weighted by Gasteiger charge is 2.37. The standard InChI is InChI=1S/C18H17NO5/c1-11-15(23-14-10-6-5-9-13(14)22-11)18(21)24-16(17(19)20)12-7-3-2-4-8-12/h2-11,15-16H,1H3,(H2,19,20). The predicted molar refractivity (Wildman–Crippen MR) is 85.4 cm³/mol. The number of carbonyl (C=O) groups is 2. The summed E-state index contributed by atoms with van der Waals surface area (Å²) in [7, 11) is 0. The maximum atomic E-state index is 12.5. The topological polar surface area (TPSA) is 87.8 Å². The van der Waals surface area contributed by atoms with E-state index in [9.17, 15) is 9.59 Å². The van der Waals surface area contributed by atoms with E-state index in [1.807, 2.05) is 6.07 Å². The maximum absolute atomic E-state index is 12.5. The van der Waals surface area contributed by atoms with Crippen LogP contribution < -0.4 is 15.2 Å². The van der Waals surface area contributed by atoms with Crippen molar-refractivity contribution in [3.63, 3.8) is 0 Å². The molecule has 0 aliphatic carbocycles. The highest BCUT2D eigenvalue weighted by atomic mass is 16.6. The Morgan fingerprint density at radius 3 is 2.21 bits per heavy atom. The van der Waals surface area contributed by atoms with Gasteiger partial charge in [-0.2, -0.15) is 0 Å². The molecule has 1 aliphatic heterocycles. The summed E-state index contributed by atoms with van der Waals surface area (Å²) in [5, 5.41) is 0. The summed E-state index contributed by atoms with van der Waals surface area (Å²) in [6.07, 6.45) is -2.71. The Bertz CT molecular complexity index is 746. The Balaban J connectivity index is 1.77. The zero-order chi connectivity index (χ0) is 17.1. The van der Waals surface area contributed by atoms with Crippen molar-refractivity contribution in [2.24, 2.45) is 5.73 Å². The summed E-state index contributed by atoms with van der Waals surface area (Å²) in [6, 6.07) is 15.6. The summed E-state index contributed by atoms with van der Waals surface area (Å²) in [6.45, 7) is 1.70. The quantitative estimate of drug-likeness (QED) is 0.868. The molecule has 1 aliphatic rings. The van der Waals surface area contributed by atoms with Crippen LogP contribution in [0.4, 0.5) is 0 Å². The minimum atomic E-state index is -1.17. The Morgan fingerprint density at radius 2 is 1.58 bits per heavy atom. The predicted octanol–water partition coefficient (Wildman–Crippen LogP) is 1.98. The van der Waals surface area contributed by atoms with Gasteiger partial charge in [0.2, 0.25) is 12.2 Å². The Hall–Kier alpha value is -3.02. The number of rotatable bonds is 4. The van der Waals surface area contributed by atoms with E-state index in [-0.39, 0.29) is 0 Å². The first-order chi connectivity index (χ1) is 11.6. The molecule has 0 fully saturated rings. The van der Waals surface area contributed by atoms with E-state index in [0.717, 1.165) is 0 Å². The van der Waals surface area contributed by atoms with E-state index < -0.39 is 30.2 Å². The van der Waals surface area contributed by atoms with Gasteiger partial charge in [0.25, 0.3) is 5.91 Å². The van der Waals surface area contributed by atoms with Crippen LogP contribution in [0.3, 0.4) is 0 Å². The molecule has 3 atom stereocenters. The largest absolute Gasteiger partial charge is 0.482 e. The molecule has 0 spiro atoms. The number of benzene rings is 2. The Labute approximate surface area is 139 Å². The molecule has 6 heteroatoms. The van der Waals surface area contributed by atoms with Crippen LogP contribution in [0.15, 0.2) is 54.6 Å². The van der Waals surface area contributed by atoms with Crippen molar-refractivity contribution < 1.29 is 23.8 Å². The van der Waals surface area contributed by atoms with Gasteiger partial charge in [0.05, 0.1) is 0 Å². The molecule has 0 radical (unpaired) electrons. The summed E-state index contributed by atoms with van der Waals surface area (Å²) in [5.41, 5.74) is 5.87. The van der Waals surface area contributed by atoms with Gasteiger partial charge in [-0.05, 0) is 19.1 Å². The number of hydrogen-bond acceptors (Lipinski definition) is 5. The molecule has 2 aromatic carbocycles. The normalized spacial score (nSPS) is 20.0. The van der Waals surface area contributed by atoms with Crippen molar-refractivity contribution >= 4 is 11.9 Å². The lowest BCUT2D eigenvalue weighted by Crippen LogP contribution is -2.45. The van der Waals surface area contributed by atoms with Crippen LogP contribution in [-0.4, -0.2) is 24.1 Å². The molecule has 6 nitrogen and oxygen atoms in total. The van der Waals surface area contributed by atoms with Crippen molar-refractivity contribution in [1.82, 2.24) is 0 Å². The zero-order valence-corrected chi connectivity index (χ0v) is 13.0. The maximum Gasteiger partial charge on any atom is 0.352 e. The first kappa shape index (κ1) is 15.9. The van der Waals surface area contributed by atoms with E-state index in [4.69, 9.17) is 19.9 Å². The summed E-state index contributed by atoms with van der Waals surface area (Å²) < 4.78 is 16.6.